The van der Waals surface area contributed by atoms with Gasteiger partial charge in [0.2, 0.25) is 0 Å². The van der Waals surface area contributed by atoms with Crippen molar-refractivity contribution in [1.29, 1.82) is 0 Å². The summed E-state index contributed by atoms with van der Waals surface area (Å²) in [4.78, 5) is 20.1. The average molecular weight is 391 g/mol. The SMILES string of the molecule is O=C1NC2(CCc3ccc(F)cc3C3CCCN3c3ccn4ncc1c4n3)CC2. The number of carbonyl (C=O) groups excluding carboxylic acids is 1. The largest absolute Gasteiger partial charge is 0.349 e. The van der Waals surface area contributed by atoms with Crippen LogP contribution >= 0.6 is 0 Å². The zero-order chi connectivity index (χ0) is 19.6. The van der Waals surface area contributed by atoms with Crippen molar-refractivity contribution >= 4 is 17.4 Å². The van der Waals surface area contributed by atoms with E-state index in [1.807, 2.05) is 18.3 Å². The summed E-state index contributed by atoms with van der Waals surface area (Å²) >= 11 is 0. The van der Waals surface area contributed by atoms with Crippen LogP contribution in [0.25, 0.3) is 5.65 Å². The molecule has 4 heterocycles. The predicted molar refractivity (Wildman–Crippen MR) is 106 cm³/mol. The first kappa shape index (κ1) is 16.9. The van der Waals surface area contributed by atoms with Crippen LogP contribution in [0.2, 0.25) is 0 Å². The minimum absolute atomic E-state index is 0.0987. The Morgan fingerprint density at radius 3 is 2.97 bits per heavy atom. The first-order chi connectivity index (χ1) is 14.1. The lowest BCUT2D eigenvalue weighted by Gasteiger charge is -2.28. The van der Waals surface area contributed by atoms with Crippen molar-refractivity contribution in [2.45, 2.75) is 50.1 Å². The Morgan fingerprint density at radius 1 is 1.21 bits per heavy atom. The fourth-order valence-electron chi connectivity index (χ4n) is 4.92. The highest BCUT2D eigenvalue weighted by Crippen LogP contribution is 2.42. The van der Waals surface area contributed by atoms with Crippen LogP contribution in [0.3, 0.4) is 0 Å². The molecule has 29 heavy (non-hydrogen) atoms. The molecule has 1 saturated carbocycles. The fourth-order valence-corrected chi connectivity index (χ4v) is 4.92. The summed E-state index contributed by atoms with van der Waals surface area (Å²) in [5, 5.41) is 7.54. The molecule has 3 aromatic rings. The first-order valence-electron chi connectivity index (χ1n) is 10.3. The van der Waals surface area contributed by atoms with Gasteiger partial charge in [-0.1, -0.05) is 6.07 Å². The predicted octanol–water partition coefficient (Wildman–Crippen LogP) is 3.42. The number of rotatable bonds is 0. The highest BCUT2D eigenvalue weighted by Gasteiger charge is 2.44. The molecule has 148 valence electrons. The van der Waals surface area contributed by atoms with Gasteiger partial charge in [0, 0.05) is 18.3 Å². The van der Waals surface area contributed by atoms with Crippen LogP contribution in [0.1, 0.15) is 59.6 Å². The number of hydrogen-bond donors (Lipinski definition) is 1. The fraction of sp³-hybridized carbons (Fsp3) is 0.409. The molecule has 1 aliphatic carbocycles. The Morgan fingerprint density at radius 2 is 2.10 bits per heavy atom. The molecule has 0 radical (unpaired) electrons. The van der Waals surface area contributed by atoms with E-state index in [9.17, 15) is 9.18 Å². The van der Waals surface area contributed by atoms with Crippen LogP contribution in [0.5, 0.6) is 0 Å². The first-order valence-corrected chi connectivity index (χ1v) is 10.3. The molecule has 6 rings (SSSR count). The Kier molecular flexibility index (Phi) is 3.52. The number of benzene rings is 1. The van der Waals surface area contributed by atoms with Gasteiger partial charge in [-0.3, -0.25) is 4.79 Å². The van der Waals surface area contributed by atoms with E-state index in [4.69, 9.17) is 4.98 Å². The maximum absolute atomic E-state index is 14.2. The molecule has 1 N–H and O–H groups in total. The zero-order valence-electron chi connectivity index (χ0n) is 16.1. The smallest absolute Gasteiger partial charge is 0.257 e. The van der Waals surface area contributed by atoms with Crippen LogP contribution < -0.4 is 10.2 Å². The molecule has 1 amide bonds. The third kappa shape index (κ3) is 2.71. The van der Waals surface area contributed by atoms with E-state index >= 15 is 0 Å². The van der Waals surface area contributed by atoms with E-state index < -0.39 is 0 Å². The molecule has 7 heteroatoms. The second-order valence-electron chi connectivity index (χ2n) is 8.54. The van der Waals surface area contributed by atoms with Crippen LogP contribution in [-0.4, -0.2) is 32.6 Å². The molecule has 1 saturated heterocycles. The van der Waals surface area contributed by atoms with E-state index in [0.29, 0.717) is 11.2 Å². The standard InChI is InChI=1S/C22H22FN5O/c23-15-4-3-14-5-7-22(8-9-22)26-21(29)17-13-24-28-11-6-19(25-20(17)28)27-10-1-2-18(27)16(14)12-15/h3-4,6,11-13,18H,1-2,5,7-10H2,(H,26,29). The van der Waals surface area contributed by atoms with Crippen molar-refractivity contribution in [1.82, 2.24) is 19.9 Å². The Balaban J connectivity index is 1.54. The van der Waals surface area contributed by atoms with Gasteiger partial charge in [0.1, 0.15) is 17.2 Å². The van der Waals surface area contributed by atoms with E-state index in [0.717, 1.165) is 56.5 Å². The molecule has 1 aromatic carbocycles. The molecule has 2 aromatic heterocycles. The van der Waals surface area contributed by atoms with Gasteiger partial charge in [0.25, 0.3) is 5.91 Å². The number of nitrogens with zero attached hydrogens (tertiary/aromatic N) is 4. The topological polar surface area (TPSA) is 62.5 Å². The van der Waals surface area contributed by atoms with E-state index in [2.05, 4.69) is 15.3 Å². The van der Waals surface area contributed by atoms with Gasteiger partial charge in [0.15, 0.2) is 5.65 Å². The number of amides is 1. The highest BCUT2D eigenvalue weighted by atomic mass is 19.1. The number of aromatic nitrogens is 3. The van der Waals surface area contributed by atoms with Crippen LogP contribution in [0.4, 0.5) is 10.2 Å². The Bertz CT molecular complexity index is 1140. The van der Waals surface area contributed by atoms with Gasteiger partial charge in [-0.15, -0.1) is 0 Å². The highest BCUT2D eigenvalue weighted by molar-refractivity contribution is 6.00. The van der Waals surface area contributed by atoms with Gasteiger partial charge in [-0.2, -0.15) is 5.10 Å². The molecule has 3 aliphatic rings. The maximum atomic E-state index is 14.2. The lowest BCUT2D eigenvalue weighted by atomic mass is 9.93. The second-order valence-corrected chi connectivity index (χ2v) is 8.54. The molecule has 2 fully saturated rings. The summed E-state index contributed by atoms with van der Waals surface area (Å²) in [6.45, 7) is 0.864. The van der Waals surface area contributed by atoms with Crippen LogP contribution in [0, 0.1) is 5.82 Å². The normalized spacial score (nSPS) is 22.6. The summed E-state index contributed by atoms with van der Waals surface area (Å²) in [6, 6.07) is 7.20. The van der Waals surface area contributed by atoms with Crippen LogP contribution in [-0.2, 0) is 6.42 Å². The van der Waals surface area contributed by atoms with Crippen molar-refractivity contribution in [2.75, 3.05) is 11.4 Å². The van der Waals surface area contributed by atoms with E-state index in [1.54, 1.807) is 22.8 Å². The maximum Gasteiger partial charge on any atom is 0.257 e. The van der Waals surface area contributed by atoms with Gasteiger partial charge in [-0.05, 0) is 67.9 Å². The zero-order valence-corrected chi connectivity index (χ0v) is 16.1. The molecular formula is C22H22FN5O. The van der Waals surface area contributed by atoms with Crippen molar-refractivity contribution in [3.8, 4) is 0 Å². The molecule has 2 aliphatic heterocycles. The van der Waals surface area contributed by atoms with Gasteiger partial charge >= 0.3 is 0 Å². The lowest BCUT2D eigenvalue weighted by molar-refractivity contribution is 0.0930. The number of fused-ring (bicyclic) bond motifs is 5. The second kappa shape index (κ2) is 6.02. The van der Waals surface area contributed by atoms with Crippen LogP contribution in [0.15, 0.2) is 36.7 Å². The summed E-state index contributed by atoms with van der Waals surface area (Å²) < 4.78 is 15.9. The van der Waals surface area contributed by atoms with E-state index in [-0.39, 0.29) is 23.3 Å². The van der Waals surface area contributed by atoms with Crippen molar-refractivity contribution in [2.24, 2.45) is 0 Å². The Labute approximate surface area is 167 Å². The average Bonchev–Trinajstić information content (AvgIpc) is 3.14. The number of nitrogens with one attached hydrogen (secondary N) is 1. The molecule has 2 bridgehead atoms. The van der Waals surface area contributed by atoms with Crippen molar-refractivity contribution in [3.63, 3.8) is 0 Å². The van der Waals surface area contributed by atoms with Gasteiger partial charge in [-0.25, -0.2) is 13.9 Å². The van der Waals surface area contributed by atoms with Crippen molar-refractivity contribution in [3.05, 3.63) is 59.2 Å². The third-order valence-electron chi connectivity index (χ3n) is 6.72. The van der Waals surface area contributed by atoms with Gasteiger partial charge in [0.05, 0.1) is 12.2 Å². The Hall–Kier alpha value is -2.96. The third-order valence-corrected chi connectivity index (χ3v) is 6.72. The molecule has 1 spiro atoms. The number of halogens is 1. The molecule has 6 nitrogen and oxygen atoms in total. The lowest BCUT2D eigenvalue weighted by Crippen LogP contribution is -2.37. The summed E-state index contributed by atoms with van der Waals surface area (Å²) in [6.07, 6.45) is 9.09. The minimum Gasteiger partial charge on any atom is -0.349 e. The number of hydrogen-bond acceptors (Lipinski definition) is 4. The summed E-state index contributed by atoms with van der Waals surface area (Å²) in [5.41, 5.74) is 3.14. The number of anilines is 1. The van der Waals surface area contributed by atoms with Gasteiger partial charge < -0.3 is 10.2 Å². The van der Waals surface area contributed by atoms with E-state index in [1.165, 1.54) is 5.56 Å². The number of aryl methyl sites for hydroxylation is 1. The number of carbonyl (C=O) groups is 1. The molecule has 1 atom stereocenters. The minimum atomic E-state index is -0.198. The quantitative estimate of drug-likeness (QED) is 0.638. The summed E-state index contributed by atoms with van der Waals surface area (Å²) in [5.74, 6) is 0.500. The van der Waals surface area contributed by atoms with Crippen molar-refractivity contribution < 1.29 is 9.18 Å². The summed E-state index contributed by atoms with van der Waals surface area (Å²) in [7, 11) is 0. The molecular weight excluding hydrogens is 369 g/mol. The molecule has 1 unspecified atom stereocenters. The monoisotopic (exact) mass is 391 g/mol.